The lowest BCUT2D eigenvalue weighted by Crippen LogP contribution is -2.41. The number of thioether (sulfide) groups is 1. The van der Waals surface area contributed by atoms with Crippen LogP contribution in [0, 0.1) is 0 Å². The van der Waals surface area contributed by atoms with Gasteiger partial charge in [0.25, 0.3) is 0 Å². The number of carbonyl (C=O) groups excluding carboxylic acids is 2. The lowest BCUT2D eigenvalue weighted by atomic mass is 9.95. The summed E-state index contributed by atoms with van der Waals surface area (Å²) >= 11 is 1.30. The third-order valence-corrected chi connectivity index (χ3v) is 5.50. The topological polar surface area (TPSA) is 86.2 Å². The molecule has 5 heteroatoms. The highest BCUT2D eigenvalue weighted by atomic mass is 32.2. The number of rotatable bonds is 9. The van der Waals surface area contributed by atoms with Crippen molar-refractivity contribution in [3.8, 4) is 0 Å². The zero-order valence-electron chi connectivity index (χ0n) is 12.7. The standard InChI is InChI=1S/C16H24N2O2S/c1-3-5-11-13(14(17)19)21-16(4-2,15(18)20)12-9-7-6-8-10-12/h6-10,13H,3-5,11H2,1-2H3,(H2,17,19)(H2,18,20). The Morgan fingerprint density at radius 1 is 1.19 bits per heavy atom. The third-order valence-electron chi connectivity index (χ3n) is 3.62. The van der Waals surface area contributed by atoms with E-state index < -0.39 is 15.9 Å². The second-order valence-corrected chi connectivity index (χ2v) is 6.56. The van der Waals surface area contributed by atoms with Crippen molar-refractivity contribution in [2.75, 3.05) is 0 Å². The summed E-state index contributed by atoms with van der Waals surface area (Å²) in [5.41, 5.74) is 12.0. The number of unbranched alkanes of at least 4 members (excludes halogenated alkanes) is 1. The Bertz CT molecular complexity index is 478. The summed E-state index contributed by atoms with van der Waals surface area (Å²) < 4.78 is -0.908. The van der Waals surface area contributed by atoms with Crippen LogP contribution >= 0.6 is 11.8 Å². The van der Waals surface area contributed by atoms with Crippen LogP contribution in [0.1, 0.15) is 45.1 Å². The normalized spacial score (nSPS) is 15.1. The maximum atomic E-state index is 12.1. The minimum absolute atomic E-state index is 0.386. The van der Waals surface area contributed by atoms with Gasteiger partial charge in [0, 0.05) is 0 Å². The Balaban J connectivity index is 3.13. The molecule has 1 rings (SSSR count). The highest BCUT2D eigenvalue weighted by Gasteiger charge is 2.40. The Hall–Kier alpha value is -1.49. The lowest BCUT2D eigenvalue weighted by molar-refractivity contribution is -0.120. The zero-order chi connectivity index (χ0) is 15.9. The molecular formula is C16H24N2O2S. The molecular weight excluding hydrogens is 284 g/mol. The SMILES string of the molecule is CCCCC(SC(CC)(C(N)=O)c1ccccc1)C(N)=O. The molecule has 116 valence electrons. The van der Waals surface area contributed by atoms with Crippen LogP contribution in [-0.2, 0) is 14.3 Å². The molecule has 2 atom stereocenters. The molecule has 0 radical (unpaired) electrons. The van der Waals surface area contributed by atoms with Gasteiger partial charge in [-0.3, -0.25) is 9.59 Å². The number of primary amides is 2. The van der Waals surface area contributed by atoms with E-state index in [1.54, 1.807) is 0 Å². The van der Waals surface area contributed by atoms with E-state index >= 15 is 0 Å². The van der Waals surface area contributed by atoms with E-state index in [2.05, 4.69) is 6.92 Å². The van der Waals surface area contributed by atoms with Gasteiger partial charge >= 0.3 is 0 Å². The van der Waals surface area contributed by atoms with Crippen molar-refractivity contribution in [2.24, 2.45) is 11.5 Å². The molecule has 21 heavy (non-hydrogen) atoms. The Kier molecular flexibility index (Phi) is 6.75. The fourth-order valence-corrected chi connectivity index (χ4v) is 3.77. The van der Waals surface area contributed by atoms with Gasteiger partial charge in [0.05, 0.1) is 5.25 Å². The van der Waals surface area contributed by atoms with Gasteiger partial charge in [-0.1, -0.05) is 57.0 Å². The summed E-state index contributed by atoms with van der Waals surface area (Å²) in [6.45, 7) is 3.96. The van der Waals surface area contributed by atoms with E-state index in [9.17, 15) is 9.59 Å². The molecule has 4 nitrogen and oxygen atoms in total. The van der Waals surface area contributed by atoms with Crippen molar-refractivity contribution in [3.05, 3.63) is 35.9 Å². The summed E-state index contributed by atoms with van der Waals surface area (Å²) in [6, 6.07) is 9.37. The van der Waals surface area contributed by atoms with Crippen molar-refractivity contribution in [3.63, 3.8) is 0 Å². The summed E-state index contributed by atoms with van der Waals surface area (Å²) in [4.78, 5) is 23.8. The molecule has 0 bridgehead atoms. The Labute approximate surface area is 130 Å². The van der Waals surface area contributed by atoms with E-state index in [4.69, 9.17) is 11.5 Å². The van der Waals surface area contributed by atoms with Gasteiger partial charge in [-0.15, -0.1) is 11.8 Å². The molecule has 0 saturated heterocycles. The number of nitrogens with two attached hydrogens (primary N) is 2. The Morgan fingerprint density at radius 3 is 2.24 bits per heavy atom. The summed E-state index contributed by atoms with van der Waals surface area (Å²) in [5, 5.41) is -0.405. The predicted molar refractivity (Wildman–Crippen MR) is 87.7 cm³/mol. The molecule has 4 N–H and O–H groups in total. The quantitative estimate of drug-likeness (QED) is 0.735. The molecule has 1 aromatic carbocycles. The minimum atomic E-state index is -0.908. The molecule has 0 saturated carbocycles. The zero-order valence-corrected chi connectivity index (χ0v) is 13.5. The van der Waals surface area contributed by atoms with Crippen LogP contribution in [-0.4, -0.2) is 17.1 Å². The maximum Gasteiger partial charge on any atom is 0.238 e. The van der Waals surface area contributed by atoms with Crippen LogP contribution in [0.5, 0.6) is 0 Å². The average molecular weight is 308 g/mol. The van der Waals surface area contributed by atoms with E-state index in [1.165, 1.54) is 11.8 Å². The molecule has 0 aliphatic carbocycles. The molecule has 0 aromatic heterocycles. The summed E-state index contributed by atoms with van der Waals surface area (Å²) in [6.07, 6.45) is 3.06. The fraction of sp³-hybridized carbons (Fsp3) is 0.500. The lowest BCUT2D eigenvalue weighted by Gasteiger charge is -2.32. The molecule has 1 aromatic rings. The van der Waals surface area contributed by atoms with Gasteiger partial charge in [0.15, 0.2) is 0 Å². The second-order valence-electron chi connectivity index (χ2n) is 5.06. The molecule has 2 amide bonds. The average Bonchev–Trinajstić information content (AvgIpc) is 2.48. The number of carbonyl (C=O) groups is 2. The van der Waals surface area contributed by atoms with Crippen LogP contribution in [0.15, 0.2) is 30.3 Å². The van der Waals surface area contributed by atoms with Crippen molar-refractivity contribution in [1.29, 1.82) is 0 Å². The largest absolute Gasteiger partial charge is 0.369 e. The monoisotopic (exact) mass is 308 g/mol. The van der Waals surface area contributed by atoms with Gasteiger partial charge in [0.2, 0.25) is 11.8 Å². The first kappa shape index (κ1) is 17.6. The van der Waals surface area contributed by atoms with Crippen LogP contribution < -0.4 is 11.5 Å². The summed E-state index contributed by atoms with van der Waals surface area (Å²) in [7, 11) is 0. The van der Waals surface area contributed by atoms with Gasteiger partial charge < -0.3 is 11.5 Å². The fourth-order valence-electron chi connectivity index (χ4n) is 2.33. The minimum Gasteiger partial charge on any atom is -0.369 e. The highest BCUT2D eigenvalue weighted by Crippen LogP contribution is 2.43. The molecule has 0 aliphatic heterocycles. The molecule has 0 heterocycles. The number of amides is 2. The van der Waals surface area contributed by atoms with E-state index in [0.717, 1.165) is 18.4 Å². The van der Waals surface area contributed by atoms with Crippen LogP contribution in [0.25, 0.3) is 0 Å². The maximum absolute atomic E-state index is 12.1. The van der Waals surface area contributed by atoms with E-state index in [0.29, 0.717) is 12.8 Å². The van der Waals surface area contributed by atoms with Gasteiger partial charge in [-0.25, -0.2) is 0 Å². The summed E-state index contributed by atoms with van der Waals surface area (Å²) in [5.74, 6) is -0.813. The van der Waals surface area contributed by atoms with Gasteiger partial charge in [-0.05, 0) is 18.4 Å². The molecule has 2 unspecified atom stereocenters. The van der Waals surface area contributed by atoms with Gasteiger partial charge in [-0.2, -0.15) is 0 Å². The Morgan fingerprint density at radius 2 is 1.81 bits per heavy atom. The van der Waals surface area contributed by atoms with Crippen molar-refractivity contribution in [1.82, 2.24) is 0 Å². The second kappa shape index (κ2) is 8.08. The molecule has 0 spiro atoms. The first-order valence-electron chi connectivity index (χ1n) is 7.30. The number of hydrogen-bond donors (Lipinski definition) is 2. The highest BCUT2D eigenvalue weighted by molar-refractivity contribution is 8.02. The van der Waals surface area contributed by atoms with Gasteiger partial charge in [0.1, 0.15) is 4.75 Å². The van der Waals surface area contributed by atoms with Crippen LogP contribution in [0.3, 0.4) is 0 Å². The van der Waals surface area contributed by atoms with E-state index in [1.807, 2.05) is 37.3 Å². The third kappa shape index (κ3) is 4.24. The first-order chi connectivity index (χ1) is 9.97. The smallest absolute Gasteiger partial charge is 0.238 e. The molecule has 0 aliphatic rings. The van der Waals surface area contributed by atoms with Crippen LogP contribution in [0.4, 0.5) is 0 Å². The first-order valence-corrected chi connectivity index (χ1v) is 8.18. The van der Waals surface area contributed by atoms with E-state index in [-0.39, 0.29) is 5.91 Å². The number of benzene rings is 1. The predicted octanol–water partition coefficient (Wildman–Crippen LogP) is 2.55. The number of hydrogen-bond acceptors (Lipinski definition) is 3. The molecule has 0 fully saturated rings. The van der Waals surface area contributed by atoms with Crippen molar-refractivity contribution >= 4 is 23.6 Å². The van der Waals surface area contributed by atoms with Crippen LogP contribution in [0.2, 0.25) is 0 Å². The van der Waals surface area contributed by atoms with Crippen molar-refractivity contribution < 1.29 is 9.59 Å². The van der Waals surface area contributed by atoms with Crippen molar-refractivity contribution in [2.45, 2.75) is 49.5 Å².